The Kier molecular flexibility index (Phi) is 18.7. The lowest BCUT2D eigenvalue weighted by Gasteiger charge is -2.26. The van der Waals surface area contributed by atoms with E-state index in [2.05, 4.69) is 19.2 Å². The maximum atomic E-state index is 13.6. The second-order valence-electron chi connectivity index (χ2n) is 14.5. The fraction of sp³-hybridized carbons (Fsp3) is 0.548. The number of thiazole rings is 1. The lowest BCUT2D eigenvalue weighted by atomic mass is 9.91. The summed E-state index contributed by atoms with van der Waals surface area (Å²) in [4.78, 5) is 30.6. The molecule has 9 nitrogen and oxygen atoms in total. The molecular formula is C42H62N2O7S. The van der Waals surface area contributed by atoms with E-state index in [0.717, 1.165) is 22.3 Å². The molecular weight excluding hydrogens is 677 g/mol. The van der Waals surface area contributed by atoms with E-state index in [1.165, 1.54) is 18.4 Å². The summed E-state index contributed by atoms with van der Waals surface area (Å²) < 4.78 is 17.7. The standard InChI is InChI=1S/C42H62N2O7S/c1-25(2)20-37(50-42(48)43-11)40-44-34(24-52-40)39-30(7)15-13-14-29(6)38(49-12)33(10)35(45)19-17-26(3)21-28(5)22-32(9)36(46)23-27(4)16-18-31(8)41(47)51-39/h13-15,17-19,21-25,30,32-33,35-39,45-46H,16,20H2,1-12H3,(H,43,48)/b15-13+,19-17+,26-21-,27-23+,28-22-,29-14+,31-18+. The molecule has 1 amide bonds. The zero-order valence-electron chi connectivity index (χ0n) is 33.2. The number of carbonyl (C=O) groups is 2. The molecule has 0 saturated heterocycles. The maximum absolute atomic E-state index is 13.6. The second kappa shape index (κ2) is 21.8. The molecule has 10 heteroatoms. The van der Waals surface area contributed by atoms with Crippen LogP contribution < -0.4 is 5.32 Å². The largest absolute Gasteiger partial charge is 0.452 e. The number of alkyl carbamates (subject to hydrolysis) is 1. The van der Waals surface area contributed by atoms with Gasteiger partial charge in [-0.05, 0) is 59.0 Å². The number of nitrogens with one attached hydrogen (secondary N) is 1. The number of aromatic nitrogens is 1. The number of amides is 1. The number of cyclic esters (lactones) is 1. The molecule has 0 fully saturated rings. The summed E-state index contributed by atoms with van der Waals surface area (Å²) >= 11 is 1.37. The van der Waals surface area contributed by atoms with Gasteiger partial charge >= 0.3 is 12.1 Å². The van der Waals surface area contributed by atoms with Crippen molar-refractivity contribution in [3.8, 4) is 0 Å². The lowest BCUT2D eigenvalue weighted by Crippen LogP contribution is -2.30. The van der Waals surface area contributed by atoms with Gasteiger partial charge in [0.05, 0.1) is 24.0 Å². The summed E-state index contributed by atoms with van der Waals surface area (Å²) in [7, 11) is 3.15. The molecule has 1 aliphatic rings. The van der Waals surface area contributed by atoms with E-state index in [1.54, 1.807) is 20.1 Å². The van der Waals surface area contributed by atoms with Crippen molar-refractivity contribution in [3.63, 3.8) is 0 Å². The third-order valence-corrected chi connectivity index (χ3v) is 9.99. The van der Waals surface area contributed by atoms with E-state index in [4.69, 9.17) is 19.2 Å². The van der Waals surface area contributed by atoms with Crippen molar-refractivity contribution in [2.24, 2.45) is 23.7 Å². The predicted molar refractivity (Wildman–Crippen MR) is 211 cm³/mol. The number of allylic oxidation sites excluding steroid dienone is 8. The van der Waals surface area contributed by atoms with Crippen LogP contribution in [0.5, 0.6) is 0 Å². The van der Waals surface area contributed by atoms with Crippen molar-refractivity contribution >= 4 is 23.4 Å². The normalized spacial score (nSPS) is 33.2. The van der Waals surface area contributed by atoms with Crippen LogP contribution >= 0.6 is 11.3 Å². The van der Waals surface area contributed by atoms with Crippen LogP contribution in [0.15, 0.2) is 87.9 Å². The number of hydrogen-bond acceptors (Lipinski definition) is 9. The Hall–Kier alpha value is -3.57. The smallest absolute Gasteiger partial charge is 0.407 e. The number of hydrogen-bond donors (Lipinski definition) is 3. The van der Waals surface area contributed by atoms with Gasteiger partial charge in [-0.3, -0.25) is 0 Å². The Morgan fingerprint density at radius 2 is 1.73 bits per heavy atom. The molecule has 8 unspecified atom stereocenters. The van der Waals surface area contributed by atoms with Crippen LogP contribution in [0.2, 0.25) is 0 Å². The Bertz CT molecular complexity index is 1550. The first-order chi connectivity index (χ1) is 24.5. The van der Waals surface area contributed by atoms with Crippen molar-refractivity contribution in [2.45, 2.75) is 113 Å². The van der Waals surface area contributed by atoms with Gasteiger partial charge in [0.2, 0.25) is 0 Å². The number of rotatable bonds is 6. The quantitative estimate of drug-likeness (QED) is 0.195. The molecule has 8 atom stereocenters. The number of carbonyl (C=O) groups excluding carboxylic acids is 2. The molecule has 0 saturated carbocycles. The van der Waals surface area contributed by atoms with Gasteiger partial charge in [0.15, 0.2) is 12.2 Å². The number of methoxy groups -OCH3 is 1. The topological polar surface area (TPSA) is 127 Å². The van der Waals surface area contributed by atoms with Crippen LogP contribution in [0.3, 0.4) is 0 Å². The predicted octanol–water partition coefficient (Wildman–Crippen LogP) is 9.06. The molecule has 1 aliphatic heterocycles. The van der Waals surface area contributed by atoms with Crippen molar-refractivity contribution in [1.29, 1.82) is 0 Å². The first-order valence-corrected chi connectivity index (χ1v) is 19.0. The zero-order chi connectivity index (χ0) is 39.1. The Morgan fingerprint density at radius 3 is 2.37 bits per heavy atom. The molecule has 0 aliphatic carbocycles. The molecule has 2 heterocycles. The van der Waals surface area contributed by atoms with Gasteiger partial charge in [0.1, 0.15) is 5.01 Å². The Labute approximate surface area is 315 Å². The molecule has 2 rings (SSSR count). The molecule has 0 spiro atoms. The van der Waals surface area contributed by atoms with Crippen molar-refractivity contribution < 1.29 is 34.0 Å². The third kappa shape index (κ3) is 14.5. The lowest BCUT2D eigenvalue weighted by molar-refractivity contribution is -0.146. The van der Waals surface area contributed by atoms with Gasteiger partial charge in [-0.2, -0.15) is 0 Å². The molecule has 1 aromatic heterocycles. The molecule has 0 radical (unpaired) electrons. The highest BCUT2D eigenvalue weighted by molar-refractivity contribution is 7.09. The molecule has 52 heavy (non-hydrogen) atoms. The minimum Gasteiger partial charge on any atom is -0.452 e. The summed E-state index contributed by atoms with van der Waals surface area (Å²) in [6.07, 6.45) is 14.6. The average molecular weight is 739 g/mol. The van der Waals surface area contributed by atoms with E-state index in [1.807, 2.05) is 102 Å². The van der Waals surface area contributed by atoms with Gasteiger partial charge in [-0.1, -0.05) is 106 Å². The summed E-state index contributed by atoms with van der Waals surface area (Å²) in [5, 5.41) is 27.0. The summed E-state index contributed by atoms with van der Waals surface area (Å²) in [6.45, 7) is 19.6. The number of ether oxygens (including phenoxy) is 3. The molecule has 0 aromatic carbocycles. The van der Waals surface area contributed by atoms with Crippen LogP contribution in [0.25, 0.3) is 0 Å². The summed E-state index contributed by atoms with van der Waals surface area (Å²) in [5.74, 6) is -0.903. The van der Waals surface area contributed by atoms with Crippen LogP contribution in [-0.4, -0.2) is 59.7 Å². The molecule has 3 N–H and O–H groups in total. The van der Waals surface area contributed by atoms with Crippen LogP contribution in [-0.2, 0) is 19.0 Å². The number of aliphatic hydroxyl groups is 2. The van der Waals surface area contributed by atoms with Gasteiger partial charge in [-0.25, -0.2) is 14.6 Å². The zero-order valence-corrected chi connectivity index (χ0v) is 34.0. The van der Waals surface area contributed by atoms with Crippen LogP contribution in [0, 0.1) is 23.7 Å². The van der Waals surface area contributed by atoms with Crippen LogP contribution in [0.1, 0.15) is 105 Å². The fourth-order valence-electron chi connectivity index (χ4n) is 5.92. The number of esters is 1. The monoisotopic (exact) mass is 738 g/mol. The van der Waals surface area contributed by atoms with Gasteiger partial charge < -0.3 is 29.7 Å². The van der Waals surface area contributed by atoms with E-state index >= 15 is 0 Å². The summed E-state index contributed by atoms with van der Waals surface area (Å²) in [6, 6.07) is 0. The number of nitrogens with zero attached hydrogens (tertiary/aromatic N) is 1. The Balaban J connectivity index is 2.60. The first-order valence-electron chi connectivity index (χ1n) is 18.1. The van der Waals surface area contributed by atoms with Crippen molar-refractivity contribution in [1.82, 2.24) is 10.3 Å². The maximum Gasteiger partial charge on any atom is 0.407 e. The van der Waals surface area contributed by atoms with E-state index in [9.17, 15) is 19.8 Å². The first kappa shape index (κ1) is 44.6. The van der Waals surface area contributed by atoms with Gasteiger partial charge in [0, 0.05) is 42.9 Å². The molecule has 1 aromatic rings. The highest BCUT2D eigenvalue weighted by Gasteiger charge is 2.29. The minimum absolute atomic E-state index is 0.147. The minimum atomic E-state index is -0.755. The molecule has 288 valence electrons. The van der Waals surface area contributed by atoms with E-state index in [-0.39, 0.29) is 29.8 Å². The van der Waals surface area contributed by atoms with Crippen molar-refractivity contribution in [2.75, 3.05) is 14.2 Å². The fourth-order valence-corrected chi connectivity index (χ4v) is 6.80. The van der Waals surface area contributed by atoms with Crippen molar-refractivity contribution in [3.05, 3.63) is 98.6 Å². The van der Waals surface area contributed by atoms with Gasteiger partial charge in [-0.15, -0.1) is 11.3 Å². The van der Waals surface area contributed by atoms with Gasteiger partial charge in [0.25, 0.3) is 0 Å². The van der Waals surface area contributed by atoms with E-state index in [0.29, 0.717) is 29.1 Å². The van der Waals surface area contributed by atoms with E-state index < -0.39 is 36.5 Å². The summed E-state index contributed by atoms with van der Waals surface area (Å²) in [5.41, 5.74) is 4.83. The number of aliphatic hydroxyl groups excluding tert-OH is 2. The second-order valence-corrected chi connectivity index (χ2v) is 15.4. The third-order valence-electron chi connectivity index (χ3n) is 9.03. The van der Waals surface area contributed by atoms with Crippen LogP contribution in [0.4, 0.5) is 4.79 Å². The highest BCUT2D eigenvalue weighted by Crippen LogP contribution is 2.34. The SMILES string of the molecule is CNC(=O)OC(CC(C)C)c1nc(C2OC(=O)/C(C)=C/C/C(C)=C/C(O)C(C)\C=C(C)/C=C(C)\C=C\C(O)C(C)C(OC)/C(C)=C/C=C/C2C)cs1. The Morgan fingerprint density at radius 1 is 1.04 bits per heavy atom. The average Bonchev–Trinajstić information content (AvgIpc) is 3.57. The highest BCUT2D eigenvalue weighted by atomic mass is 32.1. The molecule has 0 bridgehead atoms.